The summed E-state index contributed by atoms with van der Waals surface area (Å²) in [6, 6.07) is 4.36. The predicted molar refractivity (Wildman–Crippen MR) is 75.9 cm³/mol. The summed E-state index contributed by atoms with van der Waals surface area (Å²) >= 11 is 0. The summed E-state index contributed by atoms with van der Waals surface area (Å²) in [4.78, 5) is 0. The van der Waals surface area contributed by atoms with Crippen molar-refractivity contribution in [1.29, 1.82) is 0 Å². The van der Waals surface area contributed by atoms with Crippen molar-refractivity contribution in [2.45, 2.75) is 59.2 Å². The Morgan fingerprint density at radius 2 is 1.89 bits per heavy atom. The third-order valence-electron chi connectivity index (χ3n) is 3.35. The van der Waals surface area contributed by atoms with Crippen LogP contribution in [0.15, 0.2) is 12.1 Å². The molecule has 0 saturated heterocycles. The van der Waals surface area contributed by atoms with Gasteiger partial charge in [-0.25, -0.2) is 0 Å². The lowest BCUT2D eigenvalue weighted by Gasteiger charge is -2.24. The molecule has 0 heterocycles. The minimum atomic E-state index is -0.433. The first kappa shape index (κ1) is 15.2. The summed E-state index contributed by atoms with van der Waals surface area (Å²) < 4.78 is 5.29. The summed E-state index contributed by atoms with van der Waals surface area (Å²) in [6.45, 7) is 11.1. The lowest BCUT2D eigenvalue weighted by molar-refractivity contribution is 0.181. The Hall–Kier alpha value is -0.860. The van der Waals surface area contributed by atoms with Gasteiger partial charge >= 0.3 is 0 Å². The van der Waals surface area contributed by atoms with Crippen LogP contribution in [-0.2, 0) is 23.2 Å². The van der Waals surface area contributed by atoms with Crippen molar-refractivity contribution >= 4 is 0 Å². The fraction of sp³-hybridized carbons (Fsp3) is 0.625. The number of hydrogen-bond acceptors (Lipinski definition) is 2. The molecule has 1 N–H and O–H groups in total. The van der Waals surface area contributed by atoms with Crippen LogP contribution in [-0.4, -0.2) is 12.2 Å². The predicted octanol–water partition coefficient (Wildman–Crippen LogP) is 3.75. The van der Waals surface area contributed by atoms with Crippen molar-refractivity contribution < 1.29 is 9.84 Å². The van der Waals surface area contributed by atoms with E-state index in [0.717, 1.165) is 12.0 Å². The molecule has 0 spiro atoms. The van der Waals surface area contributed by atoms with Crippen molar-refractivity contribution in [2.75, 3.05) is 7.11 Å². The summed E-state index contributed by atoms with van der Waals surface area (Å²) in [5.41, 5.74) is 4.79. The van der Waals surface area contributed by atoms with Crippen molar-refractivity contribution in [2.24, 2.45) is 0 Å². The third-order valence-corrected chi connectivity index (χ3v) is 3.35. The number of ether oxygens (including phenoxy) is 1. The Morgan fingerprint density at radius 3 is 2.28 bits per heavy atom. The molecule has 0 aromatic heterocycles. The van der Waals surface area contributed by atoms with Crippen molar-refractivity contribution in [3.63, 3.8) is 0 Å². The van der Waals surface area contributed by atoms with E-state index < -0.39 is 6.10 Å². The van der Waals surface area contributed by atoms with Crippen LogP contribution in [0.4, 0.5) is 0 Å². The second-order valence-corrected chi connectivity index (χ2v) is 5.92. The van der Waals surface area contributed by atoms with E-state index in [9.17, 15) is 5.11 Å². The molecule has 0 aliphatic rings. The third kappa shape index (κ3) is 3.33. The fourth-order valence-electron chi connectivity index (χ4n) is 2.28. The van der Waals surface area contributed by atoms with Gasteiger partial charge in [-0.3, -0.25) is 0 Å². The number of hydrogen-bond donors (Lipinski definition) is 1. The largest absolute Gasteiger partial charge is 0.389 e. The Labute approximate surface area is 111 Å². The lowest BCUT2D eigenvalue weighted by atomic mass is 9.82. The monoisotopic (exact) mass is 250 g/mol. The van der Waals surface area contributed by atoms with Gasteiger partial charge in [0.1, 0.15) is 0 Å². The van der Waals surface area contributed by atoms with Gasteiger partial charge in [0.15, 0.2) is 0 Å². The highest BCUT2D eigenvalue weighted by Crippen LogP contribution is 2.31. The highest BCUT2D eigenvalue weighted by molar-refractivity contribution is 5.42. The van der Waals surface area contributed by atoms with E-state index in [-0.39, 0.29) is 5.41 Å². The van der Waals surface area contributed by atoms with Gasteiger partial charge in [-0.05, 0) is 41.0 Å². The molecule has 0 saturated carbocycles. The first-order valence-corrected chi connectivity index (χ1v) is 6.64. The van der Waals surface area contributed by atoms with Gasteiger partial charge < -0.3 is 9.84 Å². The molecular formula is C16H26O2. The zero-order valence-electron chi connectivity index (χ0n) is 12.5. The zero-order chi connectivity index (χ0) is 13.9. The quantitative estimate of drug-likeness (QED) is 0.882. The van der Waals surface area contributed by atoms with Crippen LogP contribution in [0.3, 0.4) is 0 Å². The molecule has 2 nitrogen and oxygen atoms in total. The molecule has 1 atom stereocenters. The Bertz CT molecular complexity index is 400. The van der Waals surface area contributed by atoms with Gasteiger partial charge in [0, 0.05) is 7.11 Å². The number of methoxy groups -OCH3 is 1. The lowest BCUT2D eigenvalue weighted by Crippen LogP contribution is -2.15. The Balaban J connectivity index is 3.43. The van der Waals surface area contributed by atoms with Crippen LogP contribution >= 0.6 is 0 Å². The topological polar surface area (TPSA) is 29.5 Å². The van der Waals surface area contributed by atoms with E-state index in [2.05, 4.69) is 39.8 Å². The SMILES string of the molecule is CCc1c(COC)cc(C(C)(C)C)cc1C(C)O. The van der Waals surface area contributed by atoms with Crippen LogP contribution < -0.4 is 0 Å². The molecule has 18 heavy (non-hydrogen) atoms. The molecule has 0 aliphatic heterocycles. The number of benzene rings is 1. The summed E-state index contributed by atoms with van der Waals surface area (Å²) in [5.74, 6) is 0. The van der Waals surface area contributed by atoms with Crippen LogP contribution in [0, 0.1) is 0 Å². The van der Waals surface area contributed by atoms with Gasteiger partial charge in [0.2, 0.25) is 0 Å². The maximum Gasteiger partial charge on any atom is 0.0764 e. The smallest absolute Gasteiger partial charge is 0.0764 e. The number of aliphatic hydroxyl groups excluding tert-OH is 1. The van der Waals surface area contributed by atoms with Crippen molar-refractivity contribution in [3.05, 3.63) is 34.4 Å². The fourth-order valence-corrected chi connectivity index (χ4v) is 2.28. The highest BCUT2D eigenvalue weighted by atomic mass is 16.5. The molecule has 2 heteroatoms. The average molecular weight is 250 g/mol. The number of rotatable bonds is 4. The van der Waals surface area contributed by atoms with E-state index >= 15 is 0 Å². The first-order chi connectivity index (χ1) is 8.31. The van der Waals surface area contributed by atoms with Crippen molar-refractivity contribution in [3.8, 4) is 0 Å². The first-order valence-electron chi connectivity index (χ1n) is 6.64. The molecule has 0 radical (unpaired) electrons. The standard InChI is InChI=1S/C16H26O2/c1-7-14-12(10-18-6)8-13(16(3,4)5)9-15(14)11(2)17/h8-9,11,17H,7,10H2,1-6H3. The summed E-state index contributed by atoms with van der Waals surface area (Å²) in [7, 11) is 1.71. The molecular weight excluding hydrogens is 224 g/mol. The molecule has 0 fully saturated rings. The molecule has 0 amide bonds. The van der Waals surface area contributed by atoms with Crippen LogP contribution in [0.1, 0.15) is 63.0 Å². The van der Waals surface area contributed by atoms with Crippen molar-refractivity contribution in [1.82, 2.24) is 0 Å². The van der Waals surface area contributed by atoms with Gasteiger partial charge in [0.05, 0.1) is 12.7 Å². The van der Waals surface area contributed by atoms with E-state index in [1.54, 1.807) is 7.11 Å². The molecule has 1 aromatic rings. The maximum atomic E-state index is 9.98. The van der Waals surface area contributed by atoms with E-state index in [4.69, 9.17) is 4.74 Å². The Kier molecular flexibility index (Phi) is 4.94. The van der Waals surface area contributed by atoms with E-state index in [1.807, 2.05) is 6.92 Å². The molecule has 1 rings (SSSR count). The highest BCUT2D eigenvalue weighted by Gasteiger charge is 2.19. The normalized spacial score (nSPS) is 13.7. The van der Waals surface area contributed by atoms with Gasteiger partial charge in [-0.2, -0.15) is 0 Å². The molecule has 1 aromatic carbocycles. The molecule has 1 unspecified atom stereocenters. The summed E-state index contributed by atoms with van der Waals surface area (Å²) in [5, 5.41) is 9.98. The minimum Gasteiger partial charge on any atom is -0.389 e. The van der Waals surface area contributed by atoms with Crippen LogP contribution in [0.5, 0.6) is 0 Å². The molecule has 0 bridgehead atoms. The van der Waals surface area contributed by atoms with E-state index in [1.165, 1.54) is 16.7 Å². The zero-order valence-corrected chi connectivity index (χ0v) is 12.5. The second kappa shape index (κ2) is 5.85. The van der Waals surface area contributed by atoms with Gasteiger partial charge in [-0.15, -0.1) is 0 Å². The maximum absolute atomic E-state index is 9.98. The van der Waals surface area contributed by atoms with Crippen LogP contribution in [0.2, 0.25) is 0 Å². The van der Waals surface area contributed by atoms with Gasteiger partial charge in [-0.1, -0.05) is 39.8 Å². The average Bonchev–Trinajstić information content (AvgIpc) is 2.27. The molecule has 0 aliphatic carbocycles. The minimum absolute atomic E-state index is 0.0817. The number of aliphatic hydroxyl groups is 1. The Morgan fingerprint density at radius 1 is 1.28 bits per heavy atom. The van der Waals surface area contributed by atoms with E-state index in [0.29, 0.717) is 6.61 Å². The summed E-state index contributed by atoms with van der Waals surface area (Å²) in [6.07, 6.45) is 0.487. The molecule has 102 valence electrons. The second-order valence-electron chi connectivity index (χ2n) is 5.92. The van der Waals surface area contributed by atoms with Gasteiger partial charge in [0.25, 0.3) is 0 Å². The van der Waals surface area contributed by atoms with Crippen LogP contribution in [0.25, 0.3) is 0 Å².